The lowest BCUT2D eigenvalue weighted by atomic mass is 9.83. The molecule has 1 heterocycles. The fraction of sp³-hybridized carbons (Fsp3) is 0.857. The smallest absolute Gasteiger partial charge is 0.413 e. The number of hydrogen-bond acceptors (Lipinski definition) is 4. The molecule has 1 unspecified atom stereocenters. The topological polar surface area (TPSA) is 55.8 Å². The standard InChI is InChI=1S/C14H23NO4/c1-14(2,3)19-13(17)15-9-18-12(16)11(15)10-7-5-4-6-8-10/h10-11H,4-9H2,1-3H3. The third-order valence-electron chi connectivity index (χ3n) is 3.65. The van der Waals surface area contributed by atoms with Gasteiger partial charge in [-0.25, -0.2) is 9.59 Å². The third kappa shape index (κ3) is 3.39. The predicted molar refractivity (Wildman–Crippen MR) is 69.4 cm³/mol. The summed E-state index contributed by atoms with van der Waals surface area (Å²) in [6, 6.07) is -0.449. The van der Waals surface area contributed by atoms with Crippen molar-refractivity contribution in [3.63, 3.8) is 0 Å². The van der Waals surface area contributed by atoms with E-state index in [1.807, 2.05) is 20.8 Å². The fourth-order valence-electron chi connectivity index (χ4n) is 2.81. The first-order valence-corrected chi connectivity index (χ1v) is 7.05. The molecule has 0 aromatic carbocycles. The highest BCUT2D eigenvalue weighted by molar-refractivity contribution is 5.84. The van der Waals surface area contributed by atoms with E-state index in [0.717, 1.165) is 25.7 Å². The number of carbonyl (C=O) groups excluding carboxylic acids is 2. The molecule has 0 aromatic heterocycles. The summed E-state index contributed by atoms with van der Waals surface area (Å²) < 4.78 is 10.4. The van der Waals surface area contributed by atoms with Crippen molar-refractivity contribution in [3.8, 4) is 0 Å². The van der Waals surface area contributed by atoms with Crippen LogP contribution in [0.5, 0.6) is 0 Å². The van der Waals surface area contributed by atoms with E-state index in [9.17, 15) is 9.59 Å². The van der Waals surface area contributed by atoms with E-state index in [1.165, 1.54) is 11.3 Å². The molecule has 108 valence electrons. The maximum atomic E-state index is 12.1. The number of rotatable bonds is 1. The predicted octanol–water partition coefficient (Wildman–Crippen LogP) is 2.69. The summed E-state index contributed by atoms with van der Waals surface area (Å²) in [5.74, 6) is -0.0611. The molecule has 0 N–H and O–H groups in total. The molecular weight excluding hydrogens is 246 g/mol. The van der Waals surface area contributed by atoms with Crippen molar-refractivity contribution in [2.45, 2.75) is 64.5 Å². The van der Waals surface area contributed by atoms with Crippen LogP contribution in [0, 0.1) is 5.92 Å². The van der Waals surface area contributed by atoms with Gasteiger partial charge in [0, 0.05) is 0 Å². The first kappa shape index (κ1) is 14.2. The molecule has 1 saturated carbocycles. The van der Waals surface area contributed by atoms with Crippen LogP contribution < -0.4 is 0 Å². The zero-order chi connectivity index (χ0) is 14.0. The second-order valence-electron chi connectivity index (χ2n) is 6.39. The van der Waals surface area contributed by atoms with Gasteiger partial charge in [0.2, 0.25) is 0 Å². The third-order valence-corrected chi connectivity index (χ3v) is 3.65. The van der Waals surface area contributed by atoms with Gasteiger partial charge in [0.1, 0.15) is 11.6 Å². The normalized spacial score (nSPS) is 25.3. The molecule has 2 fully saturated rings. The number of carbonyl (C=O) groups is 2. The van der Waals surface area contributed by atoms with Gasteiger partial charge in [0.25, 0.3) is 0 Å². The molecule has 5 heteroatoms. The van der Waals surface area contributed by atoms with Crippen LogP contribution in [0.4, 0.5) is 4.79 Å². The van der Waals surface area contributed by atoms with Gasteiger partial charge in [0.15, 0.2) is 6.73 Å². The molecule has 1 atom stereocenters. The first-order chi connectivity index (χ1) is 8.88. The summed E-state index contributed by atoms with van der Waals surface area (Å²) in [6.45, 7) is 5.48. The van der Waals surface area contributed by atoms with Gasteiger partial charge < -0.3 is 9.47 Å². The van der Waals surface area contributed by atoms with Gasteiger partial charge >= 0.3 is 12.1 Å². The minimum atomic E-state index is -0.556. The lowest BCUT2D eigenvalue weighted by molar-refractivity contribution is -0.140. The number of hydrogen-bond donors (Lipinski definition) is 0. The van der Waals surface area contributed by atoms with Crippen LogP contribution in [-0.4, -0.2) is 35.3 Å². The first-order valence-electron chi connectivity index (χ1n) is 7.05. The van der Waals surface area contributed by atoms with Crippen molar-refractivity contribution in [3.05, 3.63) is 0 Å². The number of ether oxygens (including phenoxy) is 2. The highest BCUT2D eigenvalue weighted by atomic mass is 16.6. The van der Waals surface area contributed by atoms with Gasteiger partial charge in [-0.15, -0.1) is 0 Å². The molecule has 0 aromatic rings. The Bertz CT molecular complexity index is 355. The Morgan fingerprint density at radius 3 is 2.47 bits per heavy atom. The molecule has 1 saturated heterocycles. The van der Waals surface area contributed by atoms with Gasteiger partial charge in [-0.3, -0.25) is 4.90 Å². The Balaban J connectivity index is 2.06. The summed E-state index contributed by atoms with van der Waals surface area (Å²) in [4.78, 5) is 25.5. The number of amides is 1. The largest absolute Gasteiger partial charge is 0.444 e. The highest BCUT2D eigenvalue weighted by Crippen LogP contribution is 2.32. The zero-order valence-electron chi connectivity index (χ0n) is 12.0. The number of esters is 1. The second kappa shape index (κ2) is 5.39. The van der Waals surface area contributed by atoms with E-state index < -0.39 is 17.7 Å². The average molecular weight is 269 g/mol. The van der Waals surface area contributed by atoms with E-state index in [-0.39, 0.29) is 18.6 Å². The van der Waals surface area contributed by atoms with Crippen LogP contribution >= 0.6 is 0 Å². The SMILES string of the molecule is CC(C)(C)OC(=O)N1COC(=O)C1C1CCCCC1. The fourth-order valence-corrected chi connectivity index (χ4v) is 2.81. The zero-order valence-corrected chi connectivity index (χ0v) is 12.0. The minimum Gasteiger partial charge on any atom is -0.444 e. The van der Waals surface area contributed by atoms with E-state index in [4.69, 9.17) is 9.47 Å². The molecule has 1 aliphatic carbocycles. The second-order valence-corrected chi connectivity index (χ2v) is 6.39. The summed E-state index contributed by atoms with van der Waals surface area (Å²) in [6.07, 6.45) is 4.98. The Kier molecular flexibility index (Phi) is 4.02. The van der Waals surface area contributed by atoms with Crippen LogP contribution in [0.1, 0.15) is 52.9 Å². The molecule has 1 amide bonds. The quantitative estimate of drug-likeness (QED) is 0.687. The van der Waals surface area contributed by atoms with Gasteiger partial charge in [-0.1, -0.05) is 19.3 Å². The molecular formula is C14H23NO4. The van der Waals surface area contributed by atoms with Gasteiger partial charge in [-0.05, 0) is 39.5 Å². The molecule has 1 aliphatic heterocycles. The van der Waals surface area contributed by atoms with Crippen molar-refractivity contribution >= 4 is 12.1 Å². The van der Waals surface area contributed by atoms with Crippen molar-refractivity contribution in [1.29, 1.82) is 0 Å². The average Bonchev–Trinajstić information content (AvgIpc) is 2.70. The van der Waals surface area contributed by atoms with Crippen molar-refractivity contribution in [2.24, 2.45) is 5.92 Å². The highest BCUT2D eigenvalue weighted by Gasteiger charge is 2.44. The van der Waals surface area contributed by atoms with Crippen molar-refractivity contribution in [1.82, 2.24) is 4.90 Å². The van der Waals surface area contributed by atoms with Crippen LogP contribution in [-0.2, 0) is 14.3 Å². The maximum Gasteiger partial charge on any atom is 0.413 e. The van der Waals surface area contributed by atoms with Crippen LogP contribution in [0.25, 0.3) is 0 Å². The maximum absolute atomic E-state index is 12.1. The Labute approximate surface area is 114 Å². The summed E-state index contributed by atoms with van der Waals surface area (Å²) >= 11 is 0. The minimum absolute atomic E-state index is 0.0227. The van der Waals surface area contributed by atoms with E-state index in [0.29, 0.717) is 0 Å². The van der Waals surface area contributed by atoms with Gasteiger partial charge in [-0.2, -0.15) is 0 Å². The van der Waals surface area contributed by atoms with E-state index >= 15 is 0 Å². The van der Waals surface area contributed by atoms with E-state index in [2.05, 4.69) is 0 Å². The number of nitrogens with zero attached hydrogens (tertiary/aromatic N) is 1. The molecule has 0 bridgehead atoms. The molecule has 0 radical (unpaired) electrons. The Hall–Kier alpha value is -1.26. The van der Waals surface area contributed by atoms with Crippen LogP contribution in [0.15, 0.2) is 0 Å². The Morgan fingerprint density at radius 1 is 1.26 bits per heavy atom. The number of cyclic esters (lactones) is 1. The lowest BCUT2D eigenvalue weighted by Gasteiger charge is -2.31. The molecule has 19 heavy (non-hydrogen) atoms. The summed E-state index contributed by atoms with van der Waals surface area (Å²) in [7, 11) is 0. The molecule has 5 nitrogen and oxygen atoms in total. The molecule has 2 rings (SSSR count). The van der Waals surface area contributed by atoms with Crippen molar-refractivity contribution < 1.29 is 19.1 Å². The van der Waals surface area contributed by atoms with E-state index in [1.54, 1.807) is 0 Å². The molecule has 0 spiro atoms. The monoisotopic (exact) mass is 269 g/mol. The summed E-state index contributed by atoms with van der Waals surface area (Å²) in [5.41, 5.74) is -0.556. The van der Waals surface area contributed by atoms with Crippen LogP contribution in [0.3, 0.4) is 0 Å². The lowest BCUT2D eigenvalue weighted by Crippen LogP contribution is -2.45. The Morgan fingerprint density at radius 2 is 1.89 bits per heavy atom. The van der Waals surface area contributed by atoms with Gasteiger partial charge in [0.05, 0.1) is 0 Å². The van der Waals surface area contributed by atoms with Crippen molar-refractivity contribution in [2.75, 3.05) is 6.73 Å². The molecule has 2 aliphatic rings. The van der Waals surface area contributed by atoms with Crippen LogP contribution in [0.2, 0.25) is 0 Å². The summed E-state index contributed by atoms with van der Waals surface area (Å²) in [5, 5.41) is 0.